The first-order valence-corrected chi connectivity index (χ1v) is 9.85. The van der Waals surface area contributed by atoms with Crippen LogP contribution in [0, 0.1) is 5.82 Å². The Morgan fingerprint density at radius 3 is 2.31 bits per heavy atom. The van der Waals surface area contributed by atoms with Crippen LogP contribution in [0.1, 0.15) is 12.5 Å². The first kappa shape index (κ1) is 21.0. The van der Waals surface area contributed by atoms with Gasteiger partial charge in [-0.3, -0.25) is 19.4 Å². The number of piperazine rings is 1. The Morgan fingerprint density at radius 1 is 1.00 bits per heavy atom. The van der Waals surface area contributed by atoms with E-state index in [0.29, 0.717) is 25.3 Å². The molecule has 2 aromatic carbocycles. The maximum absolute atomic E-state index is 12.9. The molecule has 1 saturated heterocycles. The summed E-state index contributed by atoms with van der Waals surface area (Å²) in [6.07, 6.45) is 0. The molecule has 154 valence electrons. The zero-order chi connectivity index (χ0) is 20.6. The van der Waals surface area contributed by atoms with Gasteiger partial charge in [0.2, 0.25) is 11.8 Å². The second-order valence-corrected chi connectivity index (χ2v) is 7.25. The molecule has 0 aromatic heterocycles. The van der Waals surface area contributed by atoms with Gasteiger partial charge in [-0.2, -0.15) is 0 Å². The van der Waals surface area contributed by atoms with Crippen LogP contribution in [0.25, 0.3) is 0 Å². The Morgan fingerprint density at radius 2 is 1.66 bits per heavy atom. The van der Waals surface area contributed by atoms with Crippen molar-refractivity contribution in [2.24, 2.45) is 0 Å². The first-order valence-electron chi connectivity index (χ1n) is 9.85. The lowest BCUT2D eigenvalue weighted by molar-refractivity contribution is -0.127. The lowest BCUT2D eigenvalue weighted by Gasteiger charge is -2.37. The molecule has 2 amide bonds. The van der Waals surface area contributed by atoms with E-state index in [9.17, 15) is 14.0 Å². The third kappa shape index (κ3) is 6.37. The fraction of sp³-hybridized carbons (Fsp3) is 0.364. The Bertz CT molecular complexity index is 805. The largest absolute Gasteiger partial charge is 0.351 e. The zero-order valence-electron chi connectivity index (χ0n) is 16.6. The predicted molar refractivity (Wildman–Crippen MR) is 111 cm³/mol. The Balaban J connectivity index is 1.39. The highest BCUT2D eigenvalue weighted by Gasteiger charge is 2.26. The molecule has 0 bridgehead atoms. The highest BCUT2D eigenvalue weighted by molar-refractivity contribution is 5.92. The minimum absolute atomic E-state index is 0.0105. The van der Waals surface area contributed by atoms with E-state index in [4.69, 9.17) is 0 Å². The fourth-order valence-electron chi connectivity index (χ4n) is 3.34. The van der Waals surface area contributed by atoms with Gasteiger partial charge < -0.3 is 10.6 Å². The van der Waals surface area contributed by atoms with Crippen molar-refractivity contribution in [1.29, 1.82) is 0 Å². The van der Waals surface area contributed by atoms with Gasteiger partial charge in [-0.25, -0.2) is 4.39 Å². The summed E-state index contributed by atoms with van der Waals surface area (Å²) in [5.41, 5.74) is 1.66. The van der Waals surface area contributed by atoms with Crippen LogP contribution in [-0.4, -0.2) is 60.4 Å². The molecule has 2 aromatic rings. The van der Waals surface area contributed by atoms with Crippen molar-refractivity contribution >= 4 is 17.5 Å². The highest BCUT2D eigenvalue weighted by Crippen LogP contribution is 2.10. The molecule has 0 unspecified atom stereocenters. The summed E-state index contributed by atoms with van der Waals surface area (Å²) in [6.45, 7) is 5.60. The van der Waals surface area contributed by atoms with E-state index in [2.05, 4.69) is 20.4 Å². The van der Waals surface area contributed by atoms with Crippen LogP contribution >= 0.6 is 0 Å². The van der Waals surface area contributed by atoms with Gasteiger partial charge in [0, 0.05) is 38.4 Å². The number of hydrogen-bond acceptors (Lipinski definition) is 4. The molecule has 1 aliphatic rings. The topological polar surface area (TPSA) is 64.7 Å². The molecule has 6 nitrogen and oxygen atoms in total. The summed E-state index contributed by atoms with van der Waals surface area (Å²) in [5.74, 6) is -0.448. The number of benzene rings is 2. The van der Waals surface area contributed by atoms with Gasteiger partial charge in [0.15, 0.2) is 0 Å². The summed E-state index contributed by atoms with van der Waals surface area (Å²) >= 11 is 0. The second kappa shape index (κ2) is 10.1. The van der Waals surface area contributed by atoms with Gasteiger partial charge in [0.05, 0.1) is 12.6 Å². The summed E-state index contributed by atoms with van der Waals surface area (Å²) in [4.78, 5) is 28.8. The fourth-order valence-corrected chi connectivity index (χ4v) is 3.34. The zero-order valence-corrected chi connectivity index (χ0v) is 16.6. The number of nitrogens with one attached hydrogen (secondary N) is 2. The van der Waals surface area contributed by atoms with Crippen molar-refractivity contribution < 1.29 is 14.0 Å². The van der Waals surface area contributed by atoms with Crippen molar-refractivity contribution in [1.82, 2.24) is 15.1 Å². The van der Waals surface area contributed by atoms with Gasteiger partial charge in [0.1, 0.15) is 5.82 Å². The summed E-state index contributed by atoms with van der Waals surface area (Å²) in [7, 11) is 0. The molecular formula is C22H27FN4O2. The normalized spacial score (nSPS) is 16.2. The Hall–Kier alpha value is -2.77. The van der Waals surface area contributed by atoms with Gasteiger partial charge in [-0.1, -0.05) is 30.3 Å². The van der Waals surface area contributed by atoms with E-state index in [0.717, 1.165) is 18.7 Å². The van der Waals surface area contributed by atoms with E-state index >= 15 is 0 Å². The molecule has 3 rings (SSSR count). The molecule has 1 aliphatic heterocycles. The van der Waals surface area contributed by atoms with Gasteiger partial charge >= 0.3 is 0 Å². The number of rotatable bonds is 7. The van der Waals surface area contributed by atoms with Crippen LogP contribution in [-0.2, 0) is 16.1 Å². The van der Waals surface area contributed by atoms with Crippen LogP contribution in [0.4, 0.5) is 10.1 Å². The highest BCUT2D eigenvalue weighted by atomic mass is 19.1. The molecule has 2 N–H and O–H groups in total. The number of carbonyl (C=O) groups excluding carboxylic acids is 2. The smallest absolute Gasteiger partial charge is 0.238 e. The third-order valence-electron chi connectivity index (χ3n) is 5.14. The summed E-state index contributed by atoms with van der Waals surface area (Å²) in [6, 6.07) is 15.3. The quantitative estimate of drug-likeness (QED) is 0.750. The third-order valence-corrected chi connectivity index (χ3v) is 5.14. The van der Waals surface area contributed by atoms with Crippen LogP contribution in [0.2, 0.25) is 0 Å². The number of halogens is 1. The van der Waals surface area contributed by atoms with Crippen LogP contribution in [0.15, 0.2) is 54.6 Å². The van der Waals surface area contributed by atoms with Gasteiger partial charge in [-0.15, -0.1) is 0 Å². The average molecular weight is 398 g/mol. The lowest BCUT2D eigenvalue weighted by atomic mass is 10.2. The minimum Gasteiger partial charge on any atom is -0.351 e. The summed E-state index contributed by atoms with van der Waals surface area (Å²) < 4.78 is 12.9. The van der Waals surface area contributed by atoms with Crippen molar-refractivity contribution in [2.45, 2.75) is 19.5 Å². The van der Waals surface area contributed by atoms with Crippen LogP contribution in [0.3, 0.4) is 0 Å². The minimum atomic E-state index is -0.332. The average Bonchev–Trinajstić information content (AvgIpc) is 2.74. The lowest BCUT2D eigenvalue weighted by Crippen LogP contribution is -2.54. The Kier molecular flexibility index (Phi) is 7.32. The number of amides is 2. The SMILES string of the molecule is C[C@H](C(=O)NCc1ccccc1)N1CCN(CC(=O)Nc2ccc(F)cc2)CC1. The number of nitrogens with zero attached hydrogens (tertiary/aromatic N) is 2. The van der Waals surface area contributed by atoms with Crippen molar-refractivity contribution in [3.63, 3.8) is 0 Å². The van der Waals surface area contributed by atoms with Crippen molar-refractivity contribution in [3.05, 3.63) is 66.0 Å². The number of anilines is 1. The van der Waals surface area contributed by atoms with Gasteiger partial charge in [-0.05, 0) is 36.8 Å². The van der Waals surface area contributed by atoms with E-state index in [1.165, 1.54) is 12.1 Å². The molecule has 0 spiro atoms. The summed E-state index contributed by atoms with van der Waals surface area (Å²) in [5, 5.41) is 5.76. The maximum atomic E-state index is 12.9. The molecular weight excluding hydrogens is 371 g/mol. The molecule has 1 atom stereocenters. The van der Waals surface area contributed by atoms with E-state index < -0.39 is 0 Å². The Labute approximate surface area is 170 Å². The molecule has 1 heterocycles. The molecule has 7 heteroatoms. The van der Waals surface area contributed by atoms with Crippen molar-refractivity contribution in [2.75, 3.05) is 38.0 Å². The van der Waals surface area contributed by atoms with Crippen LogP contribution < -0.4 is 10.6 Å². The maximum Gasteiger partial charge on any atom is 0.238 e. The predicted octanol–water partition coefficient (Wildman–Crippen LogP) is 2.09. The first-order chi connectivity index (χ1) is 14.0. The van der Waals surface area contributed by atoms with E-state index in [1.807, 2.05) is 37.3 Å². The molecule has 29 heavy (non-hydrogen) atoms. The second-order valence-electron chi connectivity index (χ2n) is 7.25. The molecule has 1 fully saturated rings. The van der Waals surface area contributed by atoms with E-state index in [1.54, 1.807) is 12.1 Å². The molecule has 0 saturated carbocycles. The van der Waals surface area contributed by atoms with E-state index in [-0.39, 0.29) is 30.2 Å². The van der Waals surface area contributed by atoms with Crippen LogP contribution in [0.5, 0.6) is 0 Å². The van der Waals surface area contributed by atoms with Crippen molar-refractivity contribution in [3.8, 4) is 0 Å². The standard InChI is InChI=1S/C22H27FN4O2/c1-17(22(29)24-15-18-5-3-2-4-6-18)27-13-11-26(12-14-27)16-21(28)25-20-9-7-19(23)8-10-20/h2-10,17H,11-16H2,1H3,(H,24,29)(H,25,28)/t17-/m1/s1. The number of hydrogen-bond donors (Lipinski definition) is 2. The van der Waals surface area contributed by atoms with Gasteiger partial charge in [0.25, 0.3) is 0 Å². The molecule has 0 radical (unpaired) electrons. The monoisotopic (exact) mass is 398 g/mol. The number of carbonyl (C=O) groups is 2. The molecule has 0 aliphatic carbocycles.